The average molecular weight is 513 g/mol. The topological polar surface area (TPSA) is 87.0 Å². The first-order valence-corrected chi connectivity index (χ1v) is 12.8. The Kier molecular flexibility index (Phi) is 5.76. The molecule has 0 N–H and O–H groups in total. The Morgan fingerprint density at radius 1 is 1.06 bits per heavy atom. The van der Waals surface area contributed by atoms with Gasteiger partial charge >= 0.3 is 10.1 Å². The van der Waals surface area contributed by atoms with Crippen LogP contribution in [-0.2, 0) is 10.1 Å². The van der Waals surface area contributed by atoms with Crippen molar-refractivity contribution >= 4 is 55.1 Å². The zero-order chi connectivity index (χ0) is 23.9. The van der Waals surface area contributed by atoms with Crippen LogP contribution < -0.4 is 19.0 Å². The van der Waals surface area contributed by atoms with E-state index < -0.39 is 10.1 Å². The lowest BCUT2D eigenvalue weighted by Crippen LogP contribution is -2.22. The Hall–Kier alpha value is -3.40. The first-order valence-electron chi connectivity index (χ1n) is 10.2. The van der Waals surface area contributed by atoms with Gasteiger partial charge in [0.05, 0.1) is 22.2 Å². The van der Waals surface area contributed by atoms with Gasteiger partial charge in [-0.15, -0.1) is 0 Å². The van der Waals surface area contributed by atoms with Crippen LogP contribution >= 0.6 is 22.9 Å². The van der Waals surface area contributed by atoms with Crippen LogP contribution in [0.2, 0.25) is 5.02 Å². The highest BCUT2D eigenvalue weighted by Crippen LogP contribution is 2.31. The maximum Gasteiger partial charge on any atom is 0.339 e. The van der Waals surface area contributed by atoms with Gasteiger partial charge in [-0.25, -0.2) is 9.38 Å². The van der Waals surface area contributed by atoms with Crippen molar-refractivity contribution in [3.05, 3.63) is 92.2 Å². The van der Waals surface area contributed by atoms with E-state index in [1.807, 2.05) is 24.3 Å². The Bertz CT molecular complexity index is 1740. The Balaban J connectivity index is 1.53. The molecule has 2 aromatic heterocycles. The summed E-state index contributed by atoms with van der Waals surface area (Å²) in [6.07, 6.45) is 1.72. The van der Waals surface area contributed by atoms with Crippen molar-refractivity contribution in [2.75, 3.05) is 6.61 Å². The normalized spacial score (nSPS) is 12.5. The first kappa shape index (κ1) is 22.4. The number of hydrogen-bond acceptors (Lipinski definition) is 7. The number of aromatic nitrogens is 2. The monoisotopic (exact) mass is 512 g/mol. The molecule has 2 heterocycles. The van der Waals surface area contributed by atoms with Crippen LogP contribution in [0.1, 0.15) is 12.5 Å². The molecule has 0 saturated carbocycles. The van der Waals surface area contributed by atoms with E-state index in [0.717, 1.165) is 11.0 Å². The molecule has 5 rings (SSSR count). The number of halogens is 1. The lowest BCUT2D eigenvalue weighted by Gasteiger charge is -2.12. The van der Waals surface area contributed by atoms with Crippen LogP contribution in [0.15, 0.2) is 76.4 Å². The number of hydrogen-bond donors (Lipinski definition) is 0. The molecule has 0 amide bonds. The molecule has 10 heteroatoms. The molecule has 0 radical (unpaired) electrons. The number of nitrogens with zero attached hydrogens (tertiary/aromatic N) is 2. The number of thiazole rings is 1. The highest BCUT2D eigenvalue weighted by Gasteiger charge is 2.19. The van der Waals surface area contributed by atoms with E-state index >= 15 is 0 Å². The number of rotatable bonds is 6. The van der Waals surface area contributed by atoms with E-state index in [2.05, 4.69) is 4.98 Å². The minimum Gasteiger partial charge on any atom is -0.490 e. The molecule has 3 aromatic carbocycles. The predicted molar refractivity (Wildman–Crippen MR) is 133 cm³/mol. The molecule has 0 spiro atoms. The maximum atomic E-state index is 13.0. The Morgan fingerprint density at radius 2 is 1.82 bits per heavy atom. The highest BCUT2D eigenvalue weighted by molar-refractivity contribution is 7.87. The molecule has 34 heavy (non-hydrogen) atoms. The van der Waals surface area contributed by atoms with E-state index in [4.69, 9.17) is 20.5 Å². The Labute approximate surface area is 203 Å². The second-order valence-corrected chi connectivity index (χ2v) is 10.3. The average Bonchev–Trinajstić information content (AvgIpc) is 3.32. The summed E-state index contributed by atoms with van der Waals surface area (Å²) in [6.45, 7) is 2.08. The van der Waals surface area contributed by atoms with E-state index in [1.165, 1.54) is 41.7 Å². The molecule has 0 atom stereocenters. The number of fused-ring (bicyclic) bond motifs is 3. The summed E-state index contributed by atoms with van der Waals surface area (Å²) in [7, 11) is -4.09. The SMILES string of the molecule is CCOc1cc(/C=c2\sc3nc4ccccc4n3c2=O)ccc1OS(=O)(=O)c1ccc(Cl)cc1. The van der Waals surface area contributed by atoms with Gasteiger partial charge in [0, 0.05) is 5.02 Å². The van der Waals surface area contributed by atoms with Crippen LogP contribution in [0, 0.1) is 0 Å². The van der Waals surface area contributed by atoms with E-state index in [0.29, 0.717) is 26.7 Å². The van der Waals surface area contributed by atoms with Crippen molar-refractivity contribution in [3.63, 3.8) is 0 Å². The molecule has 0 aliphatic rings. The van der Waals surface area contributed by atoms with Gasteiger partial charge in [0.2, 0.25) is 0 Å². The van der Waals surface area contributed by atoms with E-state index in [-0.39, 0.29) is 22.0 Å². The number of para-hydroxylation sites is 2. The van der Waals surface area contributed by atoms with E-state index in [1.54, 1.807) is 29.5 Å². The van der Waals surface area contributed by atoms with Gasteiger partial charge in [0.15, 0.2) is 16.5 Å². The van der Waals surface area contributed by atoms with Crippen LogP contribution in [-0.4, -0.2) is 24.4 Å². The number of imidazole rings is 1. The minimum absolute atomic E-state index is 0.0276. The van der Waals surface area contributed by atoms with E-state index in [9.17, 15) is 13.2 Å². The second kappa shape index (κ2) is 8.75. The zero-order valence-corrected chi connectivity index (χ0v) is 20.2. The van der Waals surface area contributed by atoms with Crippen molar-refractivity contribution in [3.8, 4) is 11.5 Å². The van der Waals surface area contributed by atoms with Gasteiger partial charge in [-0.2, -0.15) is 8.42 Å². The molecule has 7 nitrogen and oxygen atoms in total. The van der Waals surface area contributed by atoms with Gasteiger partial charge in [0.1, 0.15) is 4.90 Å². The summed E-state index contributed by atoms with van der Waals surface area (Å²) in [5.41, 5.74) is 2.01. The summed E-state index contributed by atoms with van der Waals surface area (Å²) in [4.78, 5) is 18.1. The van der Waals surface area contributed by atoms with Crippen molar-refractivity contribution < 1.29 is 17.3 Å². The highest BCUT2D eigenvalue weighted by atomic mass is 35.5. The summed E-state index contributed by atoms with van der Waals surface area (Å²) < 4.78 is 38.4. The fourth-order valence-electron chi connectivity index (χ4n) is 3.48. The second-order valence-electron chi connectivity index (χ2n) is 7.26. The lowest BCUT2D eigenvalue weighted by molar-refractivity contribution is 0.327. The summed E-state index contributed by atoms with van der Waals surface area (Å²) in [5.74, 6) is 0.288. The molecule has 0 bridgehead atoms. The predicted octanol–water partition coefficient (Wildman–Crippen LogP) is 4.28. The zero-order valence-electron chi connectivity index (χ0n) is 17.8. The quantitative estimate of drug-likeness (QED) is 0.316. The van der Waals surface area contributed by atoms with Gasteiger partial charge in [-0.3, -0.25) is 4.79 Å². The van der Waals surface area contributed by atoms with Crippen molar-refractivity contribution in [2.24, 2.45) is 0 Å². The summed E-state index contributed by atoms with van der Waals surface area (Å²) in [5, 5.41) is 0.417. The smallest absolute Gasteiger partial charge is 0.339 e. The Morgan fingerprint density at radius 3 is 2.59 bits per heavy atom. The molecule has 5 aromatic rings. The molecule has 0 saturated heterocycles. The third kappa shape index (κ3) is 4.13. The molecule has 172 valence electrons. The molecule has 0 aliphatic heterocycles. The largest absolute Gasteiger partial charge is 0.490 e. The molecular weight excluding hydrogens is 496 g/mol. The van der Waals surface area contributed by atoms with Crippen molar-refractivity contribution in [1.82, 2.24) is 9.38 Å². The third-order valence-electron chi connectivity index (χ3n) is 5.01. The standard InChI is InChI=1S/C24H17ClN2O5S2/c1-2-31-21-13-15(7-12-20(21)32-34(29,30)17-10-8-16(25)9-11-17)14-22-23(28)27-19-6-4-3-5-18(19)26-24(27)33-22/h3-14H,2H2,1H3/b22-14-. The fraction of sp³-hybridized carbons (Fsp3) is 0.0833. The third-order valence-corrected chi connectivity index (χ3v) is 7.48. The minimum atomic E-state index is -4.09. The van der Waals surface area contributed by atoms with Crippen LogP contribution in [0.5, 0.6) is 11.5 Å². The van der Waals surface area contributed by atoms with Gasteiger partial charge in [-0.1, -0.05) is 41.1 Å². The van der Waals surface area contributed by atoms with Gasteiger partial charge < -0.3 is 8.92 Å². The van der Waals surface area contributed by atoms with Crippen LogP contribution in [0.3, 0.4) is 0 Å². The summed E-state index contributed by atoms with van der Waals surface area (Å²) >= 11 is 7.13. The van der Waals surface area contributed by atoms with Crippen molar-refractivity contribution in [2.45, 2.75) is 11.8 Å². The van der Waals surface area contributed by atoms with Gasteiger partial charge in [-0.05, 0) is 67.1 Å². The van der Waals surface area contributed by atoms with Crippen LogP contribution in [0.4, 0.5) is 0 Å². The van der Waals surface area contributed by atoms with Crippen LogP contribution in [0.25, 0.3) is 22.1 Å². The molecule has 0 aliphatic carbocycles. The first-order chi connectivity index (χ1) is 16.4. The summed E-state index contributed by atoms with van der Waals surface area (Å²) in [6, 6.07) is 17.9. The fourth-order valence-corrected chi connectivity index (χ4v) is 5.54. The maximum absolute atomic E-state index is 13.0. The van der Waals surface area contributed by atoms with Gasteiger partial charge in [0.25, 0.3) is 5.56 Å². The molecule has 0 unspecified atom stereocenters. The number of benzene rings is 3. The molecular formula is C24H17ClN2O5S2. The molecule has 0 fully saturated rings. The number of ether oxygens (including phenoxy) is 1. The lowest BCUT2D eigenvalue weighted by atomic mass is 10.2. The van der Waals surface area contributed by atoms with Crippen molar-refractivity contribution in [1.29, 1.82) is 0 Å².